The number of rotatable bonds is 4. The van der Waals surface area contributed by atoms with Crippen LogP contribution in [0.2, 0.25) is 5.02 Å². The standard InChI is InChI=1S/C16H10ClN3O4S/c17-13-10-5-1-2-7-12(10)25-15(13)16(22)19-18-8-9-4-3-6-11(14(9)21)20(23)24/h1-8,21H,(H,19,22)/b18-8+. The molecule has 7 nitrogen and oxygen atoms in total. The van der Waals surface area contributed by atoms with Gasteiger partial charge in [0.05, 0.1) is 16.2 Å². The third-order valence-electron chi connectivity index (χ3n) is 3.35. The summed E-state index contributed by atoms with van der Waals surface area (Å²) in [5.74, 6) is -1.03. The first-order valence-electron chi connectivity index (χ1n) is 6.96. The van der Waals surface area contributed by atoms with Crippen molar-refractivity contribution in [3.63, 3.8) is 0 Å². The molecule has 126 valence electrons. The molecule has 0 aliphatic heterocycles. The van der Waals surface area contributed by atoms with Crippen molar-refractivity contribution in [1.82, 2.24) is 5.43 Å². The fourth-order valence-corrected chi connectivity index (χ4v) is 3.58. The highest BCUT2D eigenvalue weighted by atomic mass is 35.5. The second-order valence-corrected chi connectivity index (χ2v) is 6.34. The number of nitro groups is 1. The fourth-order valence-electron chi connectivity index (χ4n) is 2.17. The van der Waals surface area contributed by atoms with E-state index in [0.717, 1.165) is 16.3 Å². The van der Waals surface area contributed by atoms with Crippen LogP contribution in [0.4, 0.5) is 5.69 Å². The molecule has 0 fully saturated rings. The minimum Gasteiger partial charge on any atom is -0.502 e. The molecule has 9 heteroatoms. The predicted octanol–water partition coefficient (Wildman–Crippen LogP) is 3.93. The molecule has 0 aliphatic carbocycles. The van der Waals surface area contributed by atoms with Gasteiger partial charge in [0, 0.05) is 21.7 Å². The molecular weight excluding hydrogens is 366 g/mol. The van der Waals surface area contributed by atoms with Gasteiger partial charge in [0.25, 0.3) is 5.91 Å². The van der Waals surface area contributed by atoms with E-state index in [2.05, 4.69) is 10.5 Å². The lowest BCUT2D eigenvalue weighted by Crippen LogP contribution is -2.16. The predicted molar refractivity (Wildman–Crippen MR) is 96.7 cm³/mol. The Labute approximate surface area is 150 Å². The van der Waals surface area contributed by atoms with Crippen LogP contribution in [-0.2, 0) is 0 Å². The van der Waals surface area contributed by atoms with E-state index in [9.17, 15) is 20.0 Å². The van der Waals surface area contributed by atoms with E-state index in [1.165, 1.54) is 29.5 Å². The van der Waals surface area contributed by atoms with E-state index >= 15 is 0 Å². The van der Waals surface area contributed by atoms with Gasteiger partial charge in [0.2, 0.25) is 5.75 Å². The highest BCUT2D eigenvalue weighted by Gasteiger charge is 2.17. The number of hydrogen-bond donors (Lipinski definition) is 2. The normalized spacial score (nSPS) is 11.1. The Bertz CT molecular complexity index is 1020. The van der Waals surface area contributed by atoms with Crippen LogP contribution in [0.5, 0.6) is 5.75 Å². The zero-order valence-electron chi connectivity index (χ0n) is 12.5. The average molecular weight is 376 g/mol. The molecule has 1 amide bonds. The molecule has 0 spiro atoms. The van der Waals surface area contributed by atoms with Crippen molar-refractivity contribution in [2.45, 2.75) is 0 Å². The number of carbonyl (C=O) groups is 1. The summed E-state index contributed by atoms with van der Waals surface area (Å²) in [4.78, 5) is 22.6. The molecule has 2 aromatic carbocycles. The quantitative estimate of drug-likeness (QED) is 0.409. The number of phenols is 1. The van der Waals surface area contributed by atoms with Gasteiger partial charge in [-0.05, 0) is 12.1 Å². The number of hydrazone groups is 1. The first-order chi connectivity index (χ1) is 12.0. The SMILES string of the molecule is O=C(N/N=C/c1cccc([N+](=O)[O-])c1O)c1sc2ccccc2c1Cl. The number of nitro benzene ring substituents is 1. The highest BCUT2D eigenvalue weighted by molar-refractivity contribution is 7.21. The summed E-state index contributed by atoms with van der Waals surface area (Å²) in [6.45, 7) is 0. The maximum absolute atomic E-state index is 12.2. The van der Waals surface area contributed by atoms with Gasteiger partial charge in [0.1, 0.15) is 4.88 Å². The maximum Gasteiger partial charge on any atom is 0.311 e. The summed E-state index contributed by atoms with van der Waals surface area (Å²) in [6, 6.07) is 11.4. The Hall–Kier alpha value is -2.97. The fraction of sp³-hybridized carbons (Fsp3) is 0. The van der Waals surface area contributed by atoms with Crippen molar-refractivity contribution in [2.75, 3.05) is 0 Å². The molecule has 0 unspecified atom stereocenters. The van der Waals surface area contributed by atoms with Crippen molar-refractivity contribution in [2.24, 2.45) is 5.10 Å². The van der Waals surface area contributed by atoms with Crippen LogP contribution in [0.1, 0.15) is 15.2 Å². The number of fused-ring (bicyclic) bond motifs is 1. The number of hydrogen-bond acceptors (Lipinski definition) is 6. The molecule has 0 aliphatic rings. The van der Waals surface area contributed by atoms with Crippen molar-refractivity contribution in [1.29, 1.82) is 0 Å². The highest BCUT2D eigenvalue weighted by Crippen LogP contribution is 2.35. The number of thiophene rings is 1. The lowest BCUT2D eigenvalue weighted by atomic mass is 10.2. The number of para-hydroxylation sites is 1. The van der Waals surface area contributed by atoms with Crippen molar-refractivity contribution >= 4 is 50.8 Å². The molecule has 25 heavy (non-hydrogen) atoms. The van der Waals surface area contributed by atoms with Crippen molar-refractivity contribution in [3.05, 3.63) is 68.0 Å². The van der Waals surface area contributed by atoms with Crippen LogP contribution >= 0.6 is 22.9 Å². The molecule has 2 N–H and O–H groups in total. The largest absolute Gasteiger partial charge is 0.502 e. The number of amides is 1. The van der Waals surface area contributed by atoms with Crippen LogP contribution in [0.3, 0.4) is 0 Å². The van der Waals surface area contributed by atoms with E-state index in [0.29, 0.717) is 9.90 Å². The number of carbonyl (C=O) groups excluding carboxylic acids is 1. The van der Waals surface area contributed by atoms with Gasteiger partial charge in [-0.3, -0.25) is 14.9 Å². The molecule has 0 saturated carbocycles. The monoisotopic (exact) mass is 375 g/mol. The molecule has 0 bridgehead atoms. The van der Waals surface area contributed by atoms with E-state index in [-0.39, 0.29) is 5.56 Å². The third kappa shape index (κ3) is 3.30. The smallest absolute Gasteiger partial charge is 0.311 e. The number of benzene rings is 2. The van der Waals surface area contributed by atoms with Gasteiger partial charge in [-0.15, -0.1) is 11.3 Å². The van der Waals surface area contributed by atoms with E-state index in [1.54, 1.807) is 0 Å². The Balaban J connectivity index is 1.80. The van der Waals surface area contributed by atoms with Crippen LogP contribution in [0.25, 0.3) is 10.1 Å². The van der Waals surface area contributed by atoms with Crippen LogP contribution in [0, 0.1) is 10.1 Å². The van der Waals surface area contributed by atoms with Gasteiger partial charge < -0.3 is 5.11 Å². The summed E-state index contributed by atoms with van der Waals surface area (Å²) in [6.07, 6.45) is 1.13. The van der Waals surface area contributed by atoms with Gasteiger partial charge in [-0.25, -0.2) is 5.43 Å². The molecule has 0 saturated heterocycles. The maximum atomic E-state index is 12.2. The number of phenolic OH excluding ortho intramolecular Hbond substituents is 1. The Morgan fingerprint density at radius 2 is 2.04 bits per heavy atom. The summed E-state index contributed by atoms with van der Waals surface area (Å²) >= 11 is 7.44. The zero-order chi connectivity index (χ0) is 18.0. The summed E-state index contributed by atoms with van der Waals surface area (Å²) in [7, 11) is 0. The lowest BCUT2D eigenvalue weighted by molar-refractivity contribution is -0.385. The third-order valence-corrected chi connectivity index (χ3v) is 5.03. The van der Waals surface area contributed by atoms with Crippen LogP contribution < -0.4 is 5.43 Å². The lowest BCUT2D eigenvalue weighted by Gasteiger charge is -2.00. The molecule has 0 atom stereocenters. The summed E-state index contributed by atoms with van der Waals surface area (Å²) in [5.41, 5.74) is 1.97. The van der Waals surface area contributed by atoms with Crippen molar-refractivity contribution in [3.8, 4) is 5.75 Å². The summed E-state index contributed by atoms with van der Waals surface area (Å²) in [5, 5.41) is 25.4. The minimum absolute atomic E-state index is 0.108. The molecule has 1 heterocycles. The molecule has 3 rings (SSSR count). The molecular formula is C16H10ClN3O4S. The Kier molecular flexibility index (Phi) is 4.64. The van der Waals surface area contributed by atoms with E-state index in [4.69, 9.17) is 11.6 Å². The van der Waals surface area contributed by atoms with E-state index < -0.39 is 22.3 Å². The first-order valence-corrected chi connectivity index (χ1v) is 8.15. The average Bonchev–Trinajstić information content (AvgIpc) is 2.93. The summed E-state index contributed by atoms with van der Waals surface area (Å²) < 4.78 is 0.873. The number of nitrogens with one attached hydrogen (secondary N) is 1. The molecule has 1 aromatic heterocycles. The first kappa shape index (κ1) is 16.9. The second-order valence-electron chi connectivity index (χ2n) is 4.91. The Morgan fingerprint density at radius 3 is 2.76 bits per heavy atom. The number of nitrogens with zero attached hydrogens (tertiary/aromatic N) is 2. The number of halogens is 1. The van der Waals surface area contributed by atoms with Gasteiger partial charge >= 0.3 is 5.69 Å². The minimum atomic E-state index is -0.706. The number of aromatic hydroxyl groups is 1. The van der Waals surface area contributed by atoms with E-state index in [1.807, 2.05) is 24.3 Å². The van der Waals surface area contributed by atoms with Crippen LogP contribution in [-0.4, -0.2) is 22.2 Å². The van der Waals surface area contributed by atoms with Gasteiger partial charge in [-0.1, -0.05) is 35.9 Å². The van der Waals surface area contributed by atoms with Crippen molar-refractivity contribution < 1.29 is 14.8 Å². The molecule has 3 aromatic rings. The molecule has 0 radical (unpaired) electrons. The zero-order valence-corrected chi connectivity index (χ0v) is 14.0. The van der Waals surface area contributed by atoms with Gasteiger partial charge in [-0.2, -0.15) is 5.10 Å². The van der Waals surface area contributed by atoms with Crippen LogP contribution in [0.15, 0.2) is 47.6 Å². The topological polar surface area (TPSA) is 105 Å². The Morgan fingerprint density at radius 1 is 1.28 bits per heavy atom. The second kappa shape index (κ2) is 6.88. The van der Waals surface area contributed by atoms with Gasteiger partial charge in [0.15, 0.2) is 0 Å².